The topological polar surface area (TPSA) is 12.9 Å². The molecule has 15 heavy (non-hydrogen) atoms. The van der Waals surface area contributed by atoms with E-state index in [9.17, 15) is 0 Å². The van der Waals surface area contributed by atoms with Gasteiger partial charge in [0, 0.05) is 10.7 Å². The molecule has 2 rings (SSSR count). The van der Waals surface area contributed by atoms with Gasteiger partial charge in [-0.05, 0) is 42.3 Å². The van der Waals surface area contributed by atoms with Crippen LogP contribution in [0, 0.1) is 6.92 Å². The molecule has 0 saturated carbocycles. The molecule has 0 amide bonds. The van der Waals surface area contributed by atoms with Crippen LogP contribution >= 0.6 is 23.2 Å². The number of nitrogens with zero attached hydrogens (tertiary/aromatic N) is 1. The lowest BCUT2D eigenvalue weighted by Gasteiger charge is -2.03. The summed E-state index contributed by atoms with van der Waals surface area (Å²) in [5.74, 6) is 0. The number of hydrogen-bond acceptors (Lipinski definition) is 1. The van der Waals surface area contributed by atoms with Gasteiger partial charge in [-0.15, -0.1) is 0 Å². The van der Waals surface area contributed by atoms with Crippen molar-refractivity contribution in [1.29, 1.82) is 0 Å². The van der Waals surface area contributed by atoms with Gasteiger partial charge in [0.1, 0.15) is 5.15 Å². The molecule has 0 aliphatic carbocycles. The highest BCUT2D eigenvalue weighted by Crippen LogP contribution is 2.24. The van der Waals surface area contributed by atoms with E-state index in [0.29, 0.717) is 5.15 Å². The maximum atomic E-state index is 5.89. The highest BCUT2D eigenvalue weighted by molar-refractivity contribution is 6.30. The van der Waals surface area contributed by atoms with E-state index in [1.807, 2.05) is 43.3 Å². The summed E-state index contributed by atoms with van der Waals surface area (Å²) < 4.78 is 0. The summed E-state index contributed by atoms with van der Waals surface area (Å²) in [6.07, 6.45) is 0. The van der Waals surface area contributed by atoms with Crippen molar-refractivity contribution < 1.29 is 0 Å². The van der Waals surface area contributed by atoms with Gasteiger partial charge in [-0.1, -0.05) is 35.3 Å². The first-order valence-electron chi connectivity index (χ1n) is 4.55. The minimum absolute atomic E-state index is 0.514. The predicted octanol–water partition coefficient (Wildman–Crippen LogP) is 4.36. The van der Waals surface area contributed by atoms with Crippen LogP contribution in [-0.4, -0.2) is 4.98 Å². The summed E-state index contributed by atoms with van der Waals surface area (Å²) in [6, 6.07) is 11.5. The summed E-state index contributed by atoms with van der Waals surface area (Å²) >= 11 is 11.7. The fraction of sp³-hybridized carbons (Fsp3) is 0.0833. The van der Waals surface area contributed by atoms with E-state index < -0.39 is 0 Å². The lowest BCUT2D eigenvalue weighted by molar-refractivity contribution is 1.20. The van der Waals surface area contributed by atoms with Gasteiger partial charge in [0.25, 0.3) is 0 Å². The van der Waals surface area contributed by atoms with E-state index in [1.54, 1.807) is 0 Å². The van der Waals surface area contributed by atoms with Gasteiger partial charge in [0.15, 0.2) is 0 Å². The van der Waals surface area contributed by atoms with Crippen molar-refractivity contribution in [3.8, 4) is 11.1 Å². The van der Waals surface area contributed by atoms with E-state index in [2.05, 4.69) is 4.98 Å². The number of hydrogen-bond donors (Lipinski definition) is 0. The number of benzene rings is 1. The molecule has 2 aromatic rings. The van der Waals surface area contributed by atoms with Gasteiger partial charge < -0.3 is 0 Å². The van der Waals surface area contributed by atoms with Gasteiger partial charge in [-0.25, -0.2) is 4.98 Å². The molecule has 0 fully saturated rings. The second-order valence-electron chi connectivity index (χ2n) is 3.33. The molecule has 1 aromatic heterocycles. The van der Waals surface area contributed by atoms with Crippen LogP contribution in [0.15, 0.2) is 36.4 Å². The van der Waals surface area contributed by atoms with Gasteiger partial charge in [0.05, 0.1) is 0 Å². The average Bonchev–Trinajstić information content (AvgIpc) is 2.17. The Morgan fingerprint density at radius 3 is 2.20 bits per heavy atom. The number of aryl methyl sites for hydroxylation is 1. The van der Waals surface area contributed by atoms with Crippen LogP contribution in [0.25, 0.3) is 11.1 Å². The molecular formula is C12H9Cl2N. The number of aromatic nitrogens is 1. The van der Waals surface area contributed by atoms with Crippen LogP contribution in [0.5, 0.6) is 0 Å². The smallest absolute Gasteiger partial charge is 0.129 e. The Morgan fingerprint density at radius 2 is 1.60 bits per heavy atom. The molecule has 0 bridgehead atoms. The van der Waals surface area contributed by atoms with Crippen molar-refractivity contribution in [2.45, 2.75) is 6.92 Å². The molecule has 0 aliphatic heterocycles. The molecule has 1 heterocycles. The average molecular weight is 238 g/mol. The Hall–Kier alpha value is -1.05. The first-order chi connectivity index (χ1) is 7.15. The quantitative estimate of drug-likeness (QED) is 0.672. The maximum absolute atomic E-state index is 5.89. The van der Waals surface area contributed by atoms with Crippen LogP contribution in [0.2, 0.25) is 10.2 Å². The van der Waals surface area contributed by atoms with Gasteiger partial charge in [0.2, 0.25) is 0 Å². The normalized spacial score (nSPS) is 10.3. The van der Waals surface area contributed by atoms with Crippen molar-refractivity contribution >= 4 is 23.2 Å². The molecule has 0 atom stereocenters. The highest BCUT2D eigenvalue weighted by atomic mass is 35.5. The summed E-state index contributed by atoms with van der Waals surface area (Å²) in [7, 11) is 0. The van der Waals surface area contributed by atoms with E-state index in [0.717, 1.165) is 21.8 Å². The molecule has 1 aromatic carbocycles. The largest absolute Gasteiger partial charge is 0.241 e. The van der Waals surface area contributed by atoms with Crippen molar-refractivity contribution in [1.82, 2.24) is 4.98 Å². The van der Waals surface area contributed by atoms with Gasteiger partial charge in [-0.2, -0.15) is 0 Å². The number of halogens is 2. The molecule has 0 N–H and O–H groups in total. The second-order valence-corrected chi connectivity index (χ2v) is 4.15. The zero-order valence-electron chi connectivity index (χ0n) is 8.17. The molecule has 0 unspecified atom stereocenters. The third-order valence-corrected chi connectivity index (χ3v) is 2.55. The van der Waals surface area contributed by atoms with Gasteiger partial charge in [-0.3, -0.25) is 0 Å². The lowest BCUT2D eigenvalue weighted by atomic mass is 10.1. The first-order valence-corrected chi connectivity index (χ1v) is 5.31. The van der Waals surface area contributed by atoms with E-state index in [-0.39, 0.29) is 0 Å². The van der Waals surface area contributed by atoms with Crippen molar-refractivity contribution in [3.05, 3.63) is 52.3 Å². The summed E-state index contributed by atoms with van der Waals surface area (Å²) in [6.45, 7) is 1.92. The zero-order chi connectivity index (χ0) is 10.8. The zero-order valence-corrected chi connectivity index (χ0v) is 9.68. The minimum atomic E-state index is 0.514. The maximum Gasteiger partial charge on any atom is 0.129 e. The van der Waals surface area contributed by atoms with Crippen molar-refractivity contribution in [2.24, 2.45) is 0 Å². The summed E-state index contributed by atoms with van der Waals surface area (Å²) in [5.41, 5.74) is 3.06. The Balaban J connectivity index is 2.49. The van der Waals surface area contributed by atoms with Crippen LogP contribution in [0.1, 0.15) is 5.69 Å². The summed E-state index contributed by atoms with van der Waals surface area (Å²) in [4.78, 5) is 4.12. The van der Waals surface area contributed by atoms with Crippen LogP contribution in [0.3, 0.4) is 0 Å². The van der Waals surface area contributed by atoms with Crippen LogP contribution in [0.4, 0.5) is 0 Å². The molecule has 0 saturated heterocycles. The van der Waals surface area contributed by atoms with E-state index in [1.165, 1.54) is 0 Å². The Bertz CT molecular complexity index is 457. The molecule has 0 radical (unpaired) electrons. The first kappa shape index (κ1) is 10.5. The van der Waals surface area contributed by atoms with E-state index >= 15 is 0 Å². The monoisotopic (exact) mass is 237 g/mol. The Kier molecular flexibility index (Phi) is 2.94. The standard InChI is InChI=1S/C12H9Cl2N/c1-8-6-10(7-12(14)15-8)9-2-4-11(13)5-3-9/h2-7H,1H3. The van der Waals surface area contributed by atoms with Gasteiger partial charge >= 0.3 is 0 Å². The highest BCUT2D eigenvalue weighted by Gasteiger charge is 2.01. The third-order valence-electron chi connectivity index (χ3n) is 2.10. The number of pyridine rings is 1. The fourth-order valence-electron chi connectivity index (χ4n) is 1.44. The predicted molar refractivity (Wildman–Crippen MR) is 64.4 cm³/mol. The fourth-order valence-corrected chi connectivity index (χ4v) is 1.81. The molecule has 1 nitrogen and oxygen atoms in total. The second kappa shape index (κ2) is 4.21. The molecule has 3 heteroatoms. The molecule has 76 valence electrons. The SMILES string of the molecule is Cc1cc(-c2ccc(Cl)cc2)cc(Cl)n1. The Morgan fingerprint density at radius 1 is 0.933 bits per heavy atom. The lowest BCUT2D eigenvalue weighted by Crippen LogP contribution is -1.84. The summed E-state index contributed by atoms with van der Waals surface area (Å²) in [5, 5.41) is 1.25. The van der Waals surface area contributed by atoms with Crippen LogP contribution < -0.4 is 0 Å². The molecule has 0 spiro atoms. The Labute approximate surface area is 98.7 Å². The van der Waals surface area contributed by atoms with Crippen LogP contribution in [-0.2, 0) is 0 Å². The van der Waals surface area contributed by atoms with Crippen molar-refractivity contribution in [3.63, 3.8) is 0 Å². The molecular weight excluding hydrogens is 229 g/mol. The van der Waals surface area contributed by atoms with E-state index in [4.69, 9.17) is 23.2 Å². The number of rotatable bonds is 1. The van der Waals surface area contributed by atoms with Crippen molar-refractivity contribution in [2.75, 3.05) is 0 Å². The third kappa shape index (κ3) is 2.49. The molecule has 0 aliphatic rings. The minimum Gasteiger partial charge on any atom is -0.241 e.